The van der Waals surface area contributed by atoms with Gasteiger partial charge in [-0.05, 0) is 30.2 Å². The van der Waals surface area contributed by atoms with E-state index in [4.69, 9.17) is 21.5 Å². The third-order valence-corrected chi connectivity index (χ3v) is 4.52. The Balaban J connectivity index is 0.000000592. The molecule has 1 aromatic carbocycles. The smallest absolute Gasteiger partial charge is 0.475 e. The number of nitrogens with zero attached hydrogens (tertiary/aromatic N) is 2. The quantitative estimate of drug-likeness (QED) is 0.674. The molecule has 2 rings (SSSR count). The molecule has 7 nitrogen and oxygen atoms in total. The number of halogens is 4. The summed E-state index contributed by atoms with van der Waals surface area (Å²) in [4.78, 5) is 37.6. The van der Waals surface area contributed by atoms with Crippen LogP contribution in [0, 0.1) is 5.92 Å². The van der Waals surface area contributed by atoms with E-state index in [9.17, 15) is 22.8 Å². The van der Waals surface area contributed by atoms with Gasteiger partial charge in [-0.25, -0.2) is 4.79 Å². The van der Waals surface area contributed by atoms with Crippen LogP contribution in [0.3, 0.4) is 0 Å². The van der Waals surface area contributed by atoms with Crippen molar-refractivity contribution >= 4 is 29.4 Å². The van der Waals surface area contributed by atoms with Crippen molar-refractivity contribution in [2.45, 2.75) is 26.4 Å². The maximum absolute atomic E-state index is 12.7. The van der Waals surface area contributed by atoms with Crippen LogP contribution in [0.1, 0.15) is 30.6 Å². The van der Waals surface area contributed by atoms with Gasteiger partial charge in [0.05, 0.1) is 0 Å². The predicted octanol–water partition coefficient (Wildman–Crippen LogP) is 2.89. The highest BCUT2D eigenvalue weighted by Crippen LogP contribution is 2.14. The number of alkyl halides is 3. The molecular weight excluding hydrogens is 439 g/mol. The second-order valence-electron chi connectivity index (χ2n) is 7.34. The maximum Gasteiger partial charge on any atom is 0.490 e. The first-order chi connectivity index (χ1) is 14.4. The largest absolute Gasteiger partial charge is 0.490 e. The Hall–Kier alpha value is -2.33. The molecule has 1 aliphatic rings. The number of hydrogen-bond acceptors (Lipinski definition) is 4. The van der Waals surface area contributed by atoms with Crippen LogP contribution < -0.4 is 5.32 Å². The molecule has 2 amide bonds. The standard InChI is InChI=1S/C18H26ClN3O2.C2HF3O2/c1-14(2)13-22(18(24)15-3-5-16(19)6-4-15)10-7-17(23)21-11-8-20-9-12-21;3-2(4,5)1(6)7/h3-6,14,20H,7-13H2,1-2H3;(H,6,7). The Kier molecular flexibility index (Phi) is 10.8. The predicted molar refractivity (Wildman–Crippen MR) is 110 cm³/mol. The van der Waals surface area contributed by atoms with Crippen molar-refractivity contribution in [1.82, 2.24) is 15.1 Å². The highest BCUT2D eigenvalue weighted by Gasteiger charge is 2.38. The molecule has 0 radical (unpaired) electrons. The van der Waals surface area contributed by atoms with E-state index in [2.05, 4.69) is 19.2 Å². The second-order valence-corrected chi connectivity index (χ2v) is 7.77. The Morgan fingerprint density at radius 2 is 1.68 bits per heavy atom. The van der Waals surface area contributed by atoms with Gasteiger partial charge in [0.1, 0.15) is 0 Å². The van der Waals surface area contributed by atoms with Crippen LogP contribution in [0.25, 0.3) is 0 Å². The molecule has 0 saturated carbocycles. The van der Waals surface area contributed by atoms with E-state index in [0.29, 0.717) is 36.0 Å². The third-order valence-electron chi connectivity index (χ3n) is 4.27. The lowest BCUT2D eigenvalue weighted by Crippen LogP contribution is -2.47. The molecule has 31 heavy (non-hydrogen) atoms. The molecule has 174 valence electrons. The van der Waals surface area contributed by atoms with Crippen molar-refractivity contribution < 1.29 is 32.7 Å². The number of rotatable bonds is 6. The van der Waals surface area contributed by atoms with Crippen LogP contribution in [-0.2, 0) is 9.59 Å². The first-order valence-corrected chi connectivity index (χ1v) is 10.1. The normalized spacial score (nSPS) is 14.0. The zero-order chi connectivity index (χ0) is 23.6. The van der Waals surface area contributed by atoms with Crippen LogP contribution >= 0.6 is 11.6 Å². The first kappa shape index (κ1) is 26.7. The molecule has 0 bridgehead atoms. The van der Waals surface area contributed by atoms with Crippen LogP contribution in [0.15, 0.2) is 24.3 Å². The van der Waals surface area contributed by atoms with Gasteiger partial charge < -0.3 is 20.2 Å². The number of nitrogens with one attached hydrogen (secondary N) is 1. The van der Waals surface area contributed by atoms with E-state index in [1.165, 1.54) is 0 Å². The summed E-state index contributed by atoms with van der Waals surface area (Å²) in [5.41, 5.74) is 0.606. The molecule has 0 atom stereocenters. The van der Waals surface area contributed by atoms with E-state index in [1.807, 2.05) is 4.90 Å². The third kappa shape index (κ3) is 10.0. The van der Waals surface area contributed by atoms with Crippen molar-refractivity contribution in [2.24, 2.45) is 5.92 Å². The first-order valence-electron chi connectivity index (χ1n) is 9.75. The van der Waals surface area contributed by atoms with Gasteiger partial charge in [0.15, 0.2) is 0 Å². The van der Waals surface area contributed by atoms with Crippen molar-refractivity contribution in [3.63, 3.8) is 0 Å². The summed E-state index contributed by atoms with van der Waals surface area (Å²) in [5.74, 6) is -2.34. The van der Waals surface area contributed by atoms with E-state index in [0.717, 1.165) is 26.2 Å². The minimum Gasteiger partial charge on any atom is -0.475 e. The van der Waals surface area contributed by atoms with Gasteiger partial charge in [-0.2, -0.15) is 13.2 Å². The number of carbonyl (C=O) groups excluding carboxylic acids is 2. The lowest BCUT2D eigenvalue weighted by Gasteiger charge is -2.29. The summed E-state index contributed by atoms with van der Waals surface area (Å²) in [6.45, 7) is 8.39. The fraction of sp³-hybridized carbons (Fsp3) is 0.550. The van der Waals surface area contributed by atoms with Crippen LogP contribution in [-0.4, -0.2) is 78.1 Å². The Morgan fingerprint density at radius 3 is 2.13 bits per heavy atom. The topological polar surface area (TPSA) is 90.0 Å². The molecule has 1 saturated heterocycles. The van der Waals surface area contributed by atoms with Crippen molar-refractivity contribution in [3.8, 4) is 0 Å². The molecule has 0 aliphatic carbocycles. The summed E-state index contributed by atoms with van der Waals surface area (Å²) >= 11 is 5.89. The van der Waals surface area contributed by atoms with E-state index in [1.54, 1.807) is 29.2 Å². The highest BCUT2D eigenvalue weighted by molar-refractivity contribution is 6.30. The van der Waals surface area contributed by atoms with Gasteiger partial charge >= 0.3 is 12.1 Å². The van der Waals surface area contributed by atoms with Crippen molar-refractivity contribution in [2.75, 3.05) is 39.3 Å². The number of amides is 2. The van der Waals surface area contributed by atoms with Crippen LogP contribution in [0.2, 0.25) is 5.02 Å². The minimum atomic E-state index is -5.08. The number of benzene rings is 1. The molecule has 1 fully saturated rings. The average molecular weight is 466 g/mol. The van der Waals surface area contributed by atoms with E-state index in [-0.39, 0.29) is 11.8 Å². The van der Waals surface area contributed by atoms with Gasteiger partial charge in [-0.3, -0.25) is 9.59 Å². The van der Waals surface area contributed by atoms with Crippen LogP contribution in [0.5, 0.6) is 0 Å². The molecule has 11 heteroatoms. The number of aliphatic carboxylic acids is 1. The highest BCUT2D eigenvalue weighted by atomic mass is 35.5. The zero-order valence-electron chi connectivity index (χ0n) is 17.4. The van der Waals surface area contributed by atoms with Crippen LogP contribution in [0.4, 0.5) is 13.2 Å². The number of piperazine rings is 1. The maximum atomic E-state index is 12.7. The monoisotopic (exact) mass is 465 g/mol. The molecule has 0 spiro atoms. The number of hydrogen-bond donors (Lipinski definition) is 2. The summed E-state index contributed by atoms with van der Waals surface area (Å²) in [5, 5.41) is 11.0. The lowest BCUT2D eigenvalue weighted by molar-refractivity contribution is -0.192. The van der Waals surface area contributed by atoms with E-state index < -0.39 is 12.1 Å². The van der Waals surface area contributed by atoms with Gasteiger partial charge in [0.25, 0.3) is 5.91 Å². The molecule has 0 aromatic heterocycles. The summed E-state index contributed by atoms with van der Waals surface area (Å²) in [7, 11) is 0. The van der Waals surface area contributed by atoms with Crippen molar-refractivity contribution in [1.29, 1.82) is 0 Å². The van der Waals surface area contributed by atoms with Gasteiger partial charge in [0.2, 0.25) is 5.91 Å². The minimum absolute atomic E-state index is 0.0477. The molecule has 2 N–H and O–H groups in total. The Morgan fingerprint density at radius 1 is 1.16 bits per heavy atom. The van der Waals surface area contributed by atoms with Gasteiger partial charge in [-0.1, -0.05) is 25.4 Å². The number of carboxylic acids is 1. The van der Waals surface area contributed by atoms with Gasteiger partial charge in [0, 0.05) is 56.3 Å². The number of carboxylic acid groups (broad SMARTS) is 1. The summed E-state index contributed by atoms with van der Waals surface area (Å²) < 4.78 is 31.7. The van der Waals surface area contributed by atoms with Crippen molar-refractivity contribution in [3.05, 3.63) is 34.9 Å². The SMILES string of the molecule is CC(C)CN(CCC(=O)N1CCNCC1)C(=O)c1ccc(Cl)cc1.O=C(O)C(F)(F)F. The molecule has 1 aliphatic heterocycles. The molecule has 1 aromatic rings. The zero-order valence-corrected chi connectivity index (χ0v) is 18.2. The fourth-order valence-corrected chi connectivity index (χ4v) is 2.92. The molecular formula is C20H27ClF3N3O4. The summed E-state index contributed by atoms with van der Waals surface area (Å²) in [6.07, 6.45) is -4.72. The molecule has 1 heterocycles. The second kappa shape index (κ2) is 12.5. The Labute approximate surface area is 184 Å². The fourth-order valence-electron chi connectivity index (χ4n) is 2.79. The summed E-state index contributed by atoms with van der Waals surface area (Å²) in [6, 6.07) is 6.90. The van der Waals surface area contributed by atoms with Gasteiger partial charge in [-0.15, -0.1) is 0 Å². The van der Waals surface area contributed by atoms with E-state index >= 15 is 0 Å². The number of carbonyl (C=O) groups is 3. The molecule has 0 unspecified atom stereocenters. The average Bonchev–Trinajstić information content (AvgIpc) is 2.71. The Bertz CT molecular complexity index is 736. The lowest BCUT2D eigenvalue weighted by atomic mass is 10.1.